The van der Waals surface area contributed by atoms with Crippen LogP contribution < -0.4 is 10.6 Å². The van der Waals surface area contributed by atoms with Crippen molar-refractivity contribution in [1.82, 2.24) is 9.78 Å². The van der Waals surface area contributed by atoms with Gasteiger partial charge in [-0.25, -0.2) is 4.39 Å². The van der Waals surface area contributed by atoms with Gasteiger partial charge in [-0.05, 0) is 30.7 Å². The zero-order chi connectivity index (χ0) is 14.9. The van der Waals surface area contributed by atoms with E-state index in [1.807, 2.05) is 6.92 Å². The summed E-state index contributed by atoms with van der Waals surface area (Å²) in [5.74, 6) is -0.619. The molecule has 0 aliphatic rings. The van der Waals surface area contributed by atoms with Gasteiger partial charge >= 0.3 is 0 Å². The number of rotatable bonds is 3. The molecule has 2 rings (SSSR count). The van der Waals surface area contributed by atoms with Gasteiger partial charge in [0, 0.05) is 19.8 Å². The average Bonchev–Trinajstić information content (AvgIpc) is 2.72. The molecule has 1 aromatic heterocycles. The van der Waals surface area contributed by atoms with Crippen LogP contribution in [0.3, 0.4) is 0 Å². The molecule has 2 aromatic rings. The number of nitrogen functional groups attached to an aromatic ring is 1. The van der Waals surface area contributed by atoms with E-state index in [-0.39, 0.29) is 11.7 Å². The summed E-state index contributed by atoms with van der Waals surface area (Å²) in [6.45, 7) is 1.93. The SMILES string of the molecule is CCc1nn(C)c(C(=O)N(C)c2ccc(F)cc2)c1N. The van der Waals surface area contributed by atoms with E-state index in [1.165, 1.54) is 21.7 Å². The van der Waals surface area contributed by atoms with Crippen molar-refractivity contribution >= 4 is 17.3 Å². The summed E-state index contributed by atoms with van der Waals surface area (Å²) >= 11 is 0. The maximum atomic E-state index is 12.9. The zero-order valence-electron chi connectivity index (χ0n) is 11.7. The van der Waals surface area contributed by atoms with Crippen molar-refractivity contribution in [2.45, 2.75) is 13.3 Å². The molecule has 5 nitrogen and oxygen atoms in total. The van der Waals surface area contributed by atoms with E-state index in [9.17, 15) is 9.18 Å². The van der Waals surface area contributed by atoms with Crippen LogP contribution in [0, 0.1) is 5.82 Å². The van der Waals surface area contributed by atoms with Gasteiger partial charge in [0.25, 0.3) is 5.91 Å². The second-order valence-corrected chi connectivity index (χ2v) is 4.53. The largest absolute Gasteiger partial charge is 0.395 e. The van der Waals surface area contributed by atoms with Crippen LogP contribution in [0.15, 0.2) is 24.3 Å². The monoisotopic (exact) mass is 276 g/mol. The highest BCUT2D eigenvalue weighted by Gasteiger charge is 2.23. The Hall–Kier alpha value is -2.37. The fraction of sp³-hybridized carbons (Fsp3) is 0.286. The smallest absolute Gasteiger partial charge is 0.278 e. The molecule has 0 radical (unpaired) electrons. The number of nitrogens with two attached hydrogens (primary N) is 1. The summed E-state index contributed by atoms with van der Waals surface area (Å²) in [6.07, 6.45) is 0.660. The van der Waals surface area contributed by atoms with Crippen molar-refractivity contribution in [3.05, 3.63) is 41.5 Å². The maximum Gasteiger partial charge on any atom is 0.278 e. The van der Waals surface area contributed by atoms with Crippen molar-refractivity contribution in [2.24, 2.45) is 7.05 Å². The number of nitrogens with zero attached hydrogens (tertiary/aromatic N) is 3. The number of amides is 1. The maximum absolute atomic E-state index is 12.9. The molecule has 1 aromatic carbocycles. The molecule has 1 heterocycles. The molecule has 0 aliphatic heterocycles. The number of aromatic nitrogens is 2. The van der Waals surface area contributed by atoms with E-state index in [1.54, 1.807) is 26.2 Å². The van der Waals surface area contributed by atoms with Gasteiger partial charge in [-0.3, -0.25) is 9.48 Å². The Labute approximate surface area is 116 Å². The second-order valence-electron chi connectivity index (χ2n) is 4.53. The molecule has 0 atom stereocenters. The summed E-state index contributed by atoms with van der Waals surface area (Å²) in [5.41, 5.74) is 7.99. The number of carbonyl (C=O) groups is 1. The number of halogens is 1. The minimum absolute atomic E-state index is 0.274. The van der Waals surface area contributed by atoms with Gasteiger partial charge in [-0.1, -0.05) is 6.92 Å². The quantitative estimate of drug-likeness (QED) is 0.932. The molecule has 20 heavy (non-hydrogen) atoms. The van der Waals surface area contributed by atoms with Gasteiger partial charge in [0.1, 0.15) is 11.5 Å². The van der Waals surface area contributed by atoms with Crippen LogP contribution >= 0.6 is 0 Å². The summed E-state index contributed by atoms with van der Waals surface area (Å²) in [6, 6.07) is 5.70. The Morgan fingerprint density at radius 1 is 1.40 bits per heavy atom. The molecule has 0 aliphatic carbocycles. The lowest BCUT2D eigenvalue weighted by atomic mass is 10.2. The first-order valence-electron chi connectivity index (χ1n) is 6.30. The predicted octanol–water partition coefficient (Wildman–Crippen LogP) is 1.98. The Kier molecular flexibility index (Phi) is 3.74. The minimum atomic E-state index is -0.345. The normalized spacial score (nSPS) is 10.6. The standard InChI is InChI=1S/C14H17FN4O/c1-4-11-12(16)13(19(3)17-11)14(20)18(2)10-7-5-9(15)6-8-10/h5-8H,4,16H2,1-3H3. The van der Waals surface area contributed by atoms with E-state index < -0.39 is 0 Å². The summed E-state index contributed by atoms with van der Waals surface area (Å²) in [4.78, 5) is 13.9. The molecular weight excluding hydrogens is 259 g/mol. The number of hydrogen-bond donors (Lipinski definition) is 1. The molecule has 1 amide bonds. The molecule has 0 saturated heterocycles. The topological polar surface area (TPSA) is 64.2 Å². The minimum Gasteiger partial charge on any atom is -0.395 e. The number of anilines is 2. The summed E-state index contributed by atoms with van der Waals surface area (Å²) in [5, 5.41) is 4.22. The fourth-order valence-electron chi connectivity index (χ4n) is 2.05. The number of carbonyl (C=O) groups excluding carboxylic acids is 1. The van der Waals surface area contributed by atoms with E-state index in [4.69, 9.17) is 5.73 Å². The van der Waals surface area contributed by atoms with Crippen molar-refractivity contribution in [1.29, 1.82) is 0 Å². The van der Waals surface area contributed by atoms with Crippen LogP contribution in [0.2, 0.25) is 0 Å². The summed E-state index contributed by atoms with van der Waals surface area (Å²) < 4.78 is 14.4. The van der Waals surface area contributed by atoms with Crippen LogP contribution in [-0.2, 0) is 13.5 Å². The van der Waals surface area contributed by atoms with Crippen LogP contribution in [0.25, 0.3) is 0 Å². The van der Waals surface area contributed by atoms with Gasteiger partial charge < -0.3 is 10.6 Å². The third kappa shape index (κ3) is 2.36. The molecule has 0 spiro atoms. The van der Waals surface area contributed by atoms with Crippen LogP contribution in [-0.4, -0.2) is 22.7 Å². The van der Waals surface area contributed by atoms with Crippen molar-refractivity contribution < 1.29 is 9.18 Å². The van der Waals surface area contributed by atoms with Gasteiger partial charge in [0.05, 0.1) is 11.4 Å². The van der Waals surface area contributed by atoms with E-state index in [0.717, 1.165) is 0 Å². The summed E-state index contributed by atoms with van der Waals surface area (Å²) in [7, 11) is 3.30. The fourth-order valence-corrected chi connectivity index (χ4v) is 2.05. The van der Waals surface area contributed by atoms with Crippen molar-refractivity contribution in [3.63, 3.8) is 0 Å². The van der Waals surface area contributed by atoms with Gasteiger partial charge in [-0.15, -0.1) is 0 Å². The molecule has 0 bridgehead atoms. The highest BCUT2D eigenvalue weighted by Crippen LogP contribution is 2.21. The van der Waals surface area contributed by atoms with Crippen LogP contribution in [0.4, 0.5) is 15.8 Å². The van der Waals surface area contributed by atoms with Crippen molar-refractivity contribution in [2.75, 3.05) is 17.7 Å². The Morgan fingerprint density at radius 3 is 2.50 bits per heavy atom. The molecule has 0 fully saturated rings. The molecule has 106 valence electrons. The van der Waals surface area contributed by atoms with Crippen LogP contribution in [0.5, 0.6) is 0 Å². The molecular formula is C14H17FN4O. The van der Waals surface area contributed by atoms with Gasteiger partial charge in [0.2, 0.25) is 0 Å². The Morgan fingerprint density at radius 2 is 2.00 bits per heavy atom. The number of aryl methyl sites for hydroxylation is 2. The molecule has 0 unspecified atom stereocenters. The van der Waals surface area contributed by atoms with Crippen molar-refractivity contribution in [3.8, 4) is 0 Å². The lowest BCUT2D eigenvalue weighted by Gasteiger charge is -2.17. The van der Waals surface area contributed by atoms with Gasteiger partial charge in [0.15, 0.2) is 0 Å². The third-order valence-electron chi connectivity index (χ3n) is 3.22. The second kappa shape index (κ2) is 5.32. The Balaban J connectivity index is 2.36. The van der Waals surface area contributed by atoms with Crippen LogP contribution in [0.1, 0.15) is 23.1 Å². The van der Waals surface area contributed by atoms with E-state index in [0.29, 0.717) is 29.2 Å². The highest BCUT2D eigenvalue weighted by molar-refractivity contribution is 6.08. The highest BCUT2D eigenvalue weighted by atomic mass is 19.1. The van der Waals surface area contributed by atoms with E-state index in [2.05, 4.69) is 5.10 Å². The molecule has 0 saturated carbocycles. The molecule has 2 N–H and O–H groups in total. The first kappa shape index (κ1) is 14.0. The predicted molar refractivity (Wildman–Crippen MR) is 76.1 cm³/mol. The first-order chi connectivity index (χ1) is 9.45. The lowest BCUT2D eigenvalue weighted by molar-refractivity contribution is 0.0985. The average molecular weight is 276 g/mol. The van der Waals surface area contributed by atoms with Gasteiger partial charge in [-0.2, -0.15) is 5.10 Å². The van der Waals surface area contributed by atoms with E-state index >= 15 is 0 Å². The zero-order valence-corrected chi connectivity index (χ0v) is 11.7. The first-order valence-corrected chi connectivity index (χ1v) is 6.30. The number of benzene rings is 1. The lowest BCUT2D eigenvalue weighted by Crippen LogP contribution is -2.29. The number of hydrogen-bond acceptors (Lipinski definition) is 3. The Bertz CT molecular complexity index is 633. The molecule has 6 heteroatoms. The third-order valence-corrected chi connectivity index (χ3v) is 3.22.